The number of carbonyl (C=O) groups is 4. The molecule has 8 N–H and O–H groups in total. The molecule has 0 unspecified atom stereocenters. The number of carboxylic acid groups (broad SMARTS) is 2. The minimum Gasteiger partial charge on any atom is -0.548 e. The van der Waals surface area contributed by atoms with E-state index in [1.807, 2.05) is 0 Å². The molecule has 11 heteroatoms. The summed E-state index contributed by atoms with van der Waals surface area (Å²) in [4.78, 5) is 42.8. The normalized spacial score (nSPS) is 12.1. The van der Waals surface area contributed by atoms with E-state index in [4.69, 9.17) is 16.6 Å². The molecule has 0 bridgehead atoms. The van der Waals surface area contributed by atoms with E-state index < -0.39 is 36.0 Å². The van der Waals surface area contributed by atoms with Gasteiger partial charge in [0.25, 0.3) is 0 Å². The summed E-state index contributed by atoms with van der Waals surface area (Å²) in [6.45, 7) is 0. The van der Waals surface area contributed by atoms with Gasteiger partial charge in [0.05, 0.1) is 5.97 Å². The van der Waals surface area contributed by atoms with E-state index in [1.165, 1.54) is 0 Å². The van der Waals surface area contributed by atoms with E-state index in [1.54, 1.807) is 0 Å². The number of rotatable bonds is 8. The molecule has 0 fully saturated rings. The third-order valence-corrected chi connectivity index (χ3v) is 2.17. The molecule has 21 heavy (non-hydrogen) atoms. The SMILES string of the molecule is N.N[C@@H](CCC(=O)OC(=O)CC[C@H](N)C(=O)O)C(=O)[O-].[Na+]. The first-order valence-corrected chi connectivity index (χ1v) is 5.42. The van der Waals surface area contributed by atoms with Crippen LogP contribution in [0.15, 0.2) is 0 Å². The van der Waals surface area contributed by atoms with Gasteiger partial charge >= 0.3 is 47.5 Å². The number of carboxylic acids is 2. The number of ether oxygens (including phenoxy) is 1. The van der Waals surface area contributed by atoms with Crippen LogP contribution in [0.5, 0.6) is 0 Å². The molecule has 0 aliphatic heterocycles. The second kappa shape index (κ2) is 12.7. The van der Waals surface area contributed by atoms with Gasteiger partial charge in [-0.2, -0.15) is 0 Å². The summed E-state index contributed by atoms with van der Waals surface area (Å²) in [5.41, 5.74) is 10.2. The number of aliphatic carboxylic acids is 2. The molecule has 2 atom stereocenters. The topological polar surface area (TPSA) is 208 Å². The average molecular weight is 315 g/mol. The van der Waals surface area contributed by atoms with Gasteiger partial charge in [0.15, 0.2) is 0 Å². The third kappa shape index (κ3) is 12.4. The molecule has 0 aromatic rings. The largest absolute Gasteiger partial charge is 1.00 e. The minimum atomic E-state index is -1.51. The van der Waals surface area contributed by atoms with Crippen LogP contribution in [0.1, 0.15) is 25.7 Å². The zero-order valence-corrected chi connectivity index (χ0v) is 13.7. The van der Waals surface area contributed by atoms with E-state index in [9.17, 15) is 24.3 Å². The van der Waals surface area contributed by atoms with Crippen LogP contribution in [-0.2, 0) is 23.9 Å². The Morgan fingerprint density at radius 2 is 1.38 bits per heavy atom. The van der Waals surface area contributed by atoms with Gasteiger partial charge in [-0.1, -0.05) is 0 Å². The van der Waals surface area contributed by atoms with Crippen molar-refractivity contribution in [3.63, 3.8) is 0 Å². The van der Waals surface area contributed by atoms with Crippen LogP contribution in [0, 0.1) is 0 Å². The van der Waals surface area contributed by atoms with Crippen LogP contribution >= 0.6 is 0 Å². The van der Waals surface area contributed by atoms with E-state index in [-0.39, 0.29) is 61.4 Å². The number of carbonyl (C=O) groups excluding carboxylic acids is 3. The zero-order chi connectivity index (χ0) is 15.0. The van der Waals surface area contributed by atoms with Crippen LogP contribution in [0.2, 0.25) is 0 Å². The number of nitrogens with two attached hydrogens (primary N) is 2. The molecule has 0 aliphatic rings. The molecule has 0 heterocycles. The summed E-state index contributed by atoms with van der Waals surface area (Å²) < 4.78 is 4.32. The molecule has 0 aliphatic carbocycles. The van der Waals surface area contributed by atoms with Crippen molar-refractivity contribution in [2.24, 2.45) is 11.5 Å². The second-order valence-electron chi connectivity index (χ2n) is 3.79. The predicted molar refractivity (Wildman–Crippen MR) is 63.2 cm³/mol. The maximum absolute atomic E-state index is 11.1. The standard InChI is InChI=1S/C10H16N2O7.H3N.Na/c11-5(9(15)16)1-3-7(13)19-8(14)4-2-6(12)10(17)18;;/h5-6H,1-4,11-12H2,(H,15,16)(H,17,18);1H3;/q;;+1/p-1/t5-,6-;;/m0../s1. The van der Waals surface area contributed by atoms with Crippen molar-refractivity contribution in [3.8, 4) is 0 Å². The van der Waals surface area contributed by atoms with Crippen molar-refractivity contribution < 1.29 is 63.7 Å². The Morgan fingerprint density at radius 3 is 1.71 bits per heavy atom. The van der Waals surface area contributed by atoms with Crippen LogP contribution in [0.25, 0.3) is 0 Å². The summed E-state index contributed by atoms with van der Waals surface area (Å²) in [6, 6.07) is -2.53. The van der Waals surface area contributed by atoms with Gasteiger partial charge in [0, 0.05) is 18.9 Å². The van der Waals surface area contributed by atoms with Gasteiger partial charge in [0.2, 0.25) is 0 Å². The van der Waals surface area contributed by atoms with Crippen molar-refractivity contribution in [2.75, 3.05) is 0 Å². The Kier molecular flexibility index (Phi) is 15.1. The van der Waals surface area contributed by atoms with Gasteiger partial charge < -0.3 is 37.4 Å². The number of hydrogen-bond acceptors (Lipinski definition) is 9. The van der Waals surface area contributed by atoms with E-state index in [2.05, 4.69) is 4.74 Å². The van der Waals surface area contributed by atoms with Gasteiger partial charge in [-0.3, -0.25) is 14.4 Å². The minimum absolute atomic E-state index is 0. The summed E-state index contributed by atoms with van der Waals surface area (Å²) >= 11 is 0. The molecule has 10 nitrogen and oxygen atoms in total. The first kappa shape index (κ1) is 24.9. The van der Waals surface area contributed by atoms with Crippen molar-refractivity contribution >= 4 is 23.9 Å². The van der Waals surface area contributed by atoms with E-state index in [0.29, 0.717) is 0 Å². The van der Waals surface area contributed by atoms with Gasteiger partial charge in [-0.25, -0.2) is 0 Å². The smallest absolute Gasteiger partial charge is 0.548 e. The van der Waals surface area contributed by atoms with Crippen LogP contribution in [0.4, 0.5) is 0 Å². The molecule has 0 aromatic carbocycles. The summed E-state index contributed by atoms with van der Waals surface area (Å²) in [5, 5.41) is 18.7. The number of hydrogen-bond donors (Lipinski definition) is 4. The average Bonchev–Trinajstić information content (AvgIpc) is 2.32. The van der Waals surface area contributed by atoms with Crippen molar-refractivity contribution in [3.05, 3.63) is 0 Å². The van der Waals surface area contributed by atoms with Crippen LogP contribution < -0.4 is 52.3 Å². The Labute approximate surface area is 143 Å². The first-order chi connectivity index (χ1) is 8.73. The molecule has 0 saturated heterocycles. The molecular weight excluding hydrogens is 297 g/mol. The Hall–Kier alpha value is -1.04. The van der Waals surface area contributed by atoms with E-state index >= 15 is 0 Å². The Morgan fingerprint density at radius 1 is 1.00 bits per heavy atom. The summed E-state index contributed by atoms with van der Waals surface area (Å²) in [5.74, 6) is -4.64. The van der Waals surface area contributed by atoms with Crippen molar-refractivity contribution in [1.29, 1.82) is 0 Å². The molecule has 0 spiro atoms. The molecule has 0 amide bonds. The molecular formula is C10H18N3NaO7. The number of esters is 2. The van der Waals surface area contributed by atoms with Crippen LogP contribution in [-0.4, -0.2) is 41.1 Å². The second-order valence-corrected chi connectivity index (χ2v) is 3.79. The maximum Gasteiger partial charge on any atom is 1.00 e. The van der Waals surface area contributed by atoms with Gasteiger partial charge in [-0.15, -0.1) is 0 Å². The fraction of sp³-hybridized carbons (Fsp3) is 0.600. The fourth-order valence-electron chi connectivity index (χ4n) is 1.02. The third-order valence-electron chi connectivity index (χ3n) is 2.17. The Bertz CT molecular complexity index is 344. The maximum atomic E-state index is 11.1. The fourth-order valence-corrected chi connectivity index (χ4v) is 1.02. The predicted octanol–water partition coefficient (Wildman–Crippen LogP) is -5.73. The van der Waals surface area contributed by atoms with Crippen molar-refractivity contribution in [1.82, 2.24) is 6.15 Å². The van der Waals surface area contributed by atoms with Crippen molar-refractivity contribution in [2.45, 2.75) is 37.8 Å². The Balaban J connectivity index is -0.00000162. The van der Waals surface area contributed by atoms with E-state index in [0.717, 1.165) is 0 Å². The molecule has 0 saturated carbocycles. The molecule has 116 valence electrons. The van der Waals surface area contributed by atoms with Gasteiger partial charge in [0.1, 0.15) is 6.04 Å². The van der Waals surface area contributed by atoms with Gasteiger partial charge in [-0.05, 0) is 12.8 Å². The first-order valence-electron chi connectivity index (χ1n) is 5.42. The molecule has 0 aromatic heterocycles. The summed E-state index contributed by atoms with van der Waals surface area (Å²) in [6.07, 6.45) is -1.07. The zero-order valence-electron chi connectivity index (χ0n) is 11.7. The quantitative estimate of drug-likeness (QED) is 0.189. The molecule has 0 radical (unpaired) electrons. The summed E-state index contributed by atoms with van der Waals surface area (Å²) in [7, 11) is 0. The monoisotopic (exact) mass is 315 g/mol. The van der Waals surface area contributed by atoms with Crippen LogP contribution in [0.3, 0.4) is 0 Å². The molecule has 0 rings (SSSR count).